The summed E-state index contributed by atoms with van der Waals surface area (Å²) in [6.07, 6.45) is 0.735. The first-order valence-electron chi connectivity index (χ1n) is 5.96. The summed E-state index contributed by atoms with van der Waals surface area (Å²) in [5.41, 5.74) is 8.62. The van der Waals surface area contributed by atoms with Crippen LogP contribution in [-0.2, 0) is 6.42 Å². The van der Waals surface area contributed by atoms with Crippen molar-refractivity contribution in [3.05, 3.63) is 23.3 Å². The number of carboxylic acids is 1. The largest absolute Gasteiger partial charge is 0.478 e. The topological polar surface area (TPSA) is 66.6 Å². The van der Waals surface area contributed by atoms with Crippen LogP contribution in [0, 0.1) is 0 Å². The number of carbonyl (C=O) groups is 1. The number of nitrogens with two attached hydrogens (primary N) is 1. The molecule has 4 nitrogen and oxygen atoms in total. The Bertz CT molecular complexity index is 412. The van der Waals surface area contributed by atoms with Gasteiger partial charge in [0, 0.05) is 18.8 Å². The van der Waals surface area contributed by atoms with Crippen LogP contribution in [0.4, 0.5) is 11.4 Å². The highest BCUT2D eigenvalue weighted by molar-refractivity contribution is 5.96. The van der Waals surface area contributed by atoms with Gasteiger partial charge in [-0.3, -0.25) is 0 Å². The van der Waals surface area contributed by atoms with Crippen molar-refractivity contribution < 1.29 is 9.90 Å². The molecule has 0 aliphatic carbocycles. The number of carboxylic acid groups (broad SMARTS) is 1. The van der Waals surface area contributed by atoms with Gasteiger partial charge in [-0.15, -0.1) is 0 Å². The Balaban J connectivity index is 3.48. The third-order valence-corrected chi connectivity index (χ3v) is 2.98. The van der Waals surface area contributed by atoms with E-state index < -0.39 is 5.97 Å². The summed E-state index contributed by atoms with van der Waals surface area (Å²) in [5, 5.41) is 9.25. The van der Waals surface area contributed by atoms with Crippen LogP contribution >= 0.6 is 0 Å². The zero-order valence-electron chi connectivity index (χ0n) is 10.7. The second-order valence-corrected chi connectivity index (χ2v) is 3.86. The van der Waals surface area contributed by atoms with Gasteiger partial charge >= 0.3 is 5.97 Å². The van der Waals surface area contributed by atoms with Gasteiger partial charge in [-0.05, 0) is 38.0 Å². The highest BCUT2D eigenvalue weighted by Gasteiger charge is 2.19. The van der Waals surface area contributed by atoms with Gasteiger partial charge in [0.2, 0.25) is 0 Å². The van der Waals surface area contributed by atoms with Crippen molar-refractivity contribution in [1.82, 2.24) is 0 Å². The van der Waals surface area contributed by atoms with Crippen molar-refractivity contribution in [2.45, 2.75) is 27.2 Å². The monoisotopic (exact) mass is 236 g/mol. The Labute approximate surface area is 102 Å². The number of hydrogen-bond acceptors (Lipinski definition) is 3. The second-order valence-electron chi connectivity index (χ2n) is 3.86. The summed E-state index contributed by atoms with van der Waals surface area (Å²) in [6.45, 7) is 7.56. The summed E-state index contributed by atoms with van der Waals surface area (Å²) in [6, 6.07) is 3.26. The Morgan fingerprint density at radius 1 is 1.29 bits per heavy atom. The number of anilines is 2. The van der Waals surface area contributed by atoms with Gasteiger partial charge in [-0.2, -0.15) is 0 Å². The fraction of sp³-hybridized carbons (Fsp3) is 0.462. The van der Waals surface area contributed by atoms with Crippen molar-refractivity contribution in [3.8, 4) is 0 Å². The van der Waals surface area contributed by atoms with E-state index in [9.17, 15) is 9.90 Å². The van der Waals surface area contributed by atoms with Gasteiger partial charge < -0.3 is 15.7 Å². The summed E-state index contributed by atoms with van der Waals surface area (Å²) < 4.78 is 0. The molecule has 0 aliphatic rings. The third-order valence-electron chi connectivity index (χ3n) is 2.98. The maximum absolute atomic E-state index is 11.3. The standard InChI is InChI=1S/C13H20N2O2/c1-4-9-11(14)8-7-10(13(16)17)12(9)15(5-2)6-3/h7-8H,4-6,14H2,1-3H3,(H,16,17). The van der Waals surface area contributed by atoms with Crippen molar-refractivity contribution in [3.63, 3.8) is 0 Å². The van der Waals surface area contributed by atoms with Crippen LogP contribution in [0.2, 0.25) is 0 Å². The lowest BCUT2D eigenvalue weighted by Gasteiger charge is -2.26. The maximum atomic E-state index is 11.3. The zero-order chi connectivity index (χ0) is 13.0. The molecule has 94 valence electrons. The molecule has 1 aromatic rings. The van der Waals surface area contributed by atoms with Crippen molar-refractivity contribution in [1.29, 1.82) is 0 Å². The quantitative estimate of drug-likeness (QED) is 0.770. The van der Waals surface area contributed by atoms with E-state index in [1.807, 2.05) is 25.7 Å². The van der Waals surface area contributed by atoms with Crippen LogP contribution in [0.25, 0.3) is 0 Å². The van der Waals surface area contributed by atoms with Crippen molar-refractivity contribution in [2.24, 2.45) is 0 Å². The van der Waals surface area contributed by atoms with E-state index in [0.29, 0.717) is 11.3 Å². The molecule has 4 heteroatoms. The first-order chi connectivity index (χ1) is 8.06. The molecule has 3 N–H and O–H groups in total. The molecule has 0 saturated heterocycles. The molecule has 0 radical (unpaired) electrons. The molecule has 0 atom stereocenters. The maximum Gasteiger partial charge on any atom is 0.337 e. The van der Waals surface area contributed by atoms with Crippen LogP contribution < -0.4 is 10.6 Å². The smallest absolute Gasteiger partial charge is 0.337 e. The number of aromatic carboxylic acids is 1. The molecule has 0 bridgehead atoms. The molecule has 0 spiro atoms. The minimum Gasteiger partial charge on any atom is -0.478 e. The normalized spacial score (nSPS) is 10.3. The number of benzene rings is 1. The van der Waals surface area contributed by atoms with E-state index >= 15 is 0 Å². The van der Waals surface area contributed by atoms with Crippen LogP contribution in [0.5, 0.6) is 0 Å². The molecule has 0 aliphatic heterocycles. The van der Waals surface area contributed by atoms with Crippen molar-refractivity contribution in [2.75, 3.05) is 23.7 Å². The molecule has 0 unspecified atom stereocenters. The Morgan fingerprint density at radius 2 is 1.88 bits per heavy atom. The summed E-state index contributed by atoms with van der Waals surface area (Å²) in [4.78, 5) is 13.3. The van der Waals surface area contributed by atoms with Gasteiger partial charge in [-0.25, -0.2) is 4.79 Å². The SMILES string of the molecule is CCc1c(N)ccc(C(=O)O)c1N(CC)CC. The molecule has 17 heavy (non-hydrogen) atoms. The molecular formula is C13H20N2O2. The van der Waals surface area contributed by atoms with E-state index in [2.05, 4.69) is 0 Å². The minimum atomic E-state index is -0.901. The van der Waals surface area contributed by atoms with Gasteiger partial charge in [0.15, 0.2) is 0 Å². The number of rotatable bonds is 5. The summed E-state index contributed by atoms with van der Waals surface area (Å²) >= 11 is 0. The third kappa shape index (κ3) is 2.52. The number of nitrogen functional groups attached to an aromatic ring is 1. The lowest BCUT2D eigenvalue weighted by molar-refractivity contribution is 0.0697. The van der Waals surface area contributed by atoms with Gasteiger partial charge in [0.05, 0.1) is 11.3 Å². The fourth-order valence-electron chi connectivity index (χ4n) is 2.10. The van der Waals surface area contributed by atoms with E-state index in [1.165, 1.54) is 0 Å². The molecular weight excluding hydrogens is 216 g/mol. The molecule has 1 aromatic carbocycles. The lowest BCUT2D eigenvalue weighted by Crippen LogP contribution is -2.26. The summed E-state index contributed by atoms with van der Waals surface area (Å²) in [5.74, 6) is -0.901. The molecule has 0 heterocycles. The van der Waals surface area contributed by atoms with Crippen LogP contribution in [0.3, 0.4) is 0 Å². The predicted molar refractivity (Wildman–Crippen MR) is 70.8 cm³/mol. The zero-order valence-corrected chi connectivity index (χ0v) is 10.7. The molecule has 0 fully saturated rings. The Morgan fingerprint density at radius 3 is 2.29 bits per heavy atom. The van der Waals surface area contributed by atoms with Crippen LogP contribution in [0.15, 0.2) is 12.1 Å². The van der Waals surface area contributed by atoms with E-state index in [1.54, 1.807) is 12.1 Å². The average molecular weight is 236 g/mol. The Hall–Kier alpha value is -1.71. The molecule has 1 rings (SSSR count). The predicted octanol–water partition coefficient (Wildman–Crippen LogP) is 2.38. The Kier molecular flexibility index (Phi) is 4.37. The van der Waals surface area contributed by atoms with Gasteiger partial charge in [0.25, 0.3) is 0 Å². The molecule has 0 saturated carbocycles. The highest BCUT2D eigenvalue weighted by Crippen LogP contribution is 2.30. The lowest BCUT2D eigenvalue weighted by atomic mass is 10.0. The first-order valence-corrected chi connectivity index (χ1v) is 5.96. The van der Waals surface area contributed by atoms with Gasteiger partial charge in [0.1, 0.15) is 0 Å². The second kappa shape index (κ2) is 5.57. The molecule has 0 amide bonds. The number of nitrogens with zero attached hydrogens (tertiary/aromatic N) is 1. The summed E-state index contributed by atoms with van der Waals surface area (Å²) in [7, 11) is 0. The molecule has 0 aromatic heterocycles. The fourth-order valence-corrected chi connectivity index (χ4v) is 2.10. The average Bonchev–Trinajstić information content (AvgIpc) is 2.30. The minimum absolute atomic E-state index is 0.333. The number of hydrogen-bond donors (Lipinski definition) is 2. The van der Waals surface area contributed by atoms with E-state index in [0.717, 1.165) is 30.8 Å². The first kappa shape index (κ1) is 13.4. The van der Waals surface area contributed by atoms with Crippen molar-refractivity contribution >= 4 is 17.3 Å². The highest BCUT2D eigenvalue weighted by atomic mass is 16.4. The van der Waals surface area contributed by atoms with E-state index in [4.69, 9.17) is 5.73 Å². The van der Waals surface area contributed by atoms with Crippen LogP contribution in [0.1, 0.15) is 36.7 Å². The van der Waals surface area contributed by atoms with Gasteiger partial charge in [-0.1, -0.05) is 6.92 Å². The van der Waals surface area contributed by atoms with E-state index in [-0.39, 0.29) is 0 Å². The van der Waals surface area contributed by atoms with Crippen LogP contribution in [-0.4, -0.2) is 24.2 Å².